The van der Waals surface area contributed by atoms with Crippen molar-refractivity contribution in [1.29, 1.82) is 0 Å². The van der Waals surface area contributed by atoms with Gasteiger partial charge in [0.1, 0.15) is 0 Å². The molecule has 6 heteroatoms. The van der Waals surface area contributed by atoms with Gasteiger partial charge in [0.25, 0.3) is 15.0 Å². The van der Waals surface area contributed by atoms with Gasteiger partial charge in [-0.3, -0.25) is 4.79 Å². The molecule has 1 amide bonds. The van der Waals surface area contributed by atoms with E-state index in [2.05, 4.69) is 6.92 Å². The zero-order valence-electron chi connectivity index (χ0n) is 12.0. The van der Waals surface area contributed by atoms with Crippen LogP contribution in [0.1, 0.15) is 42.6 Å². The van der Waals surface area contributed by atoms with Crippen molar-refractivity contribution >= 4 is 25.6 Å². The number of unbranched alkanes of at least 4 members (excludes halogenated alkanes) is 1. The summed E-state index contributed by atoms with van der Waals surface area (Å²) in [5, 5.41) is 0. The summed E-state index contributed by atoms with van der Waals surface area (Å²) >= 11 is 0. The van der Waals surface area contributed by atoms with Crippen molar-refractivity contribution in [2.75, 3.05) is 13.6 Å². The summed E-state index contributed by atoms with van der Waals surface area (Å²) in [4.78, 5) is 14.0. The molecule has 4 nitrogen and oxygen atoms in total. The standard InChI is InChI=1S/C14H20ClNO3S/c1-4-6-9-16(3)14(17)13-10-12(20(15,18)19)8-7-11(13)5-2/h7-8,10H,4-6,9H2,1-3H3. The van der Waals surface area contributed by atoms with Gasteiger partial charge < -0.3 is 4.90 Å². The highest BCUT2D eigenvalue weighted by Crippen LogP contribution is 2.21. The monoisotopic (exact) mass is 317 g/mol. The SMILES string of the molecule is CCCCN(C)C(=O)c1cc(S(=O)(=O)Cl)ccc1CC. The fourth-order valence-corrected chi connectivity index (χ4v) is 2.69. The van der Waals surface area contributed by atoms with E-state index in [-0.39, 0.29) is 10.8 Å². The predicted molar refractivity (Wildman–Crippen MR) is 80.7 cm³/mol. The fraction of sp³-hybridized carbons (Fsp3) is 0.500. The Morgan fingerprint density at radius 1 is 1.30 bits per heavy atom. The molecule has 0 atom stereocenters. The molecule has 0 aliphatic heterocycles. The Morgan fingerprint density at radius 3 is 2.45 bits per heavy atom. The second-order valence-electron chi connectivity index (χ2n) is 4.69. The van der Waals surface area contributed by atoms with E-state index < -0.39 is 9.05 Å². The molecule has 0 N–H and O–H groups in total. The summed E-state index contributed by atoms with van der Waals surface area (Å²) in [6.07, 6.45) is 2.57. The number of halogens is 1. The number of rotatable bonds is 6. The summed E-state index contributed by atoms with van der Waals surface area (Å²) in [6.45, 7) is 4.62. The number of aryl methyl sites for hydroxylation is 1. The van der Waals surface area contributed by atoms with E-state index in [1.807, 2.05) is 6.92 Å². The second kappa shape index (κ2) is 7.09. The van der Waals surface area contributed by atoms with Crippen LogP contribution in [0, 0.1) is 0 Å². The Kier molecular flexibility index (Phi) is 6.02. The number of nitrogens with zero attached hydrogens (tertiary/aromatic N) is 1. The highest BCUT2D eigenvalue weighted by Gasteiger charge is 2.19. The van der Waals surface area contributed by atoms with E-state index >= 15 is 0 Å². The second-order valence-corrected chi connectivity index (χ2v) is 7.26. The van der Waals surface area contributed by atoms with E-state index in [1.165, 1.54) is 12.1 Å². The van der Waals surface area contributed by atoms with E-state index in [9.17, 15) is 13.2 Å². The first kappa shape index (κ1) is 17.0. The van der Waals surface area contributed by atoms with Crippen molar-refractivity contribution in [1.82, 2.24) is 4.90 Å². The van der Waals surface area contributed by atoms with Gasteiger partial charge in [0, 0.05) is 29.8 Å². The first-order chi connectivity index (χ1) is 9.31. The van der Waals surface area contributed by atoms with Gasteiger partial charge in [0.05, 0.1) is 4.90 Å². The molecule has 0 aliphatic carbocycles. The van der Waals surface area contributed by atoms with Crippen LogP contribution in [-0.2, 0) is 15.5 Å². The van der Waals surface area contributed by atoms with Crippen LogP contribution in [0.5, 0.6) is 0 Å². The molecule has 0 unspecified atom stereocenters. The van der Waals surface area contributed by atoms with Gasteiger partial charge in [-0.2, -0.15) is 0 Å². The van der Waals surface area contributed by atoms with Crippen LogP contribution >= 0.6 is 10.7 Å². The van der Waals surface area contributed by atoms with E-state index in [4.69, 9.17) is 10.7 Å². The zero-order chi connectivity index (χ0) is 15.3. The molecule has 0 aliphatic rings. The number of hydrogen-bond acceptors (Lipinski definition) is 3. The average molecular weight is 318 g/mol. The lowest BCUT2D eigenvalue weighted by molar-refractivity contribution is 0.0792. The van der Waals surface area contributed by atoms with Crippen LogP contribution in [0.25, 0.3) is 0 Å². The van der Waals surface area contributed by atoms with Gasteiger partial charge in [-0.05, 0) is 30.5 Å². The molecular formula is C14H20ClNO3S. The van der Waals surface area contributed by atoms with Crippen molar-refractivity contribution in [3.8, 4) is 0 Å². The van der Waals surface area contributed by atoms with Crippen LogP contribution in [0.4, 0.5) is 0 Å². The first-order valence-electron chi connectivity index (χ1n) is 6.64. The predicted octanol–water partition coefficient (Wildman–Crippen LogP) is 3.05. The van der Waals surface area contributed by atoms with Crippen molar-refractivity contribution < 1.29 is 13.2 Å². The molecule has 0 radical (unpaired) electrons. The van der Waals surface area contributed by atoms with Crippen molar-refractivity contribution in [2.45, 2.75) is 38.0 Å². The minimum Gasteiger partial charge on any atom is -0.342 e. The van der Waals surface area contributed by atoms with Gasteiger partial charge in [-0.25, -0.2) is 8.42 Å². The maximum atomic E-state index is 12.4. The molecule has 1 rings (SSSR count). The Morgan fingerprint density at radius 2 is 1.95 bits per heavy atom. The molecule has 0 heterocycles. The van der Waals surface area contributed by atoms with Gasteiger partial charge in [-0.1, -0.05) is 26.3 Å². The number of benzene rings is 1. The quantitative estimate of drug-likeness (QED) is 0.758. The van der Waals surface area contributed by atoms with E-state index in [0.29, 0.717) is 18.5 Å². The molecule has 1 aromatic rings. The fourth-order valence-electron chi connectivity index (χ4n) is 1.92. The van der Waals surface area contributed by atoms with Crippen LogP contribution in [-0.4, -0.2) is 32.8 Å². The molecule has 0 saturated carbocycles. The highest BCUT2D eigenvalue weighted by atomic mass is 35.7. The van der Waals surface area contributed by atoms with E-state index in [0.717, 1.165) is 18.4 Å². The molecule has 0 bridgehead atoms. The Hall–Kier alpha value is -1.07. The zero-order valence-corrected chi connectivity index (χ0v) is 13.6. The molecule has 0 aromatic heterocycles. The first-order valence-corrected chi connectivity index (χ1v) is 8.95. The minimum atomic E-state index is -3.82. The van der Waals surface area contributed by atoms with Crippen molar-refractivity contribution in [2.24, 2.45) is 0 Å². The number of hydrogen-bond donors (Lipinski definition) is 0. The number of carbonyl (C=O) groups is 1. The Bertz CT molecular complexity index is 584. The summed E-state index contributed by atoms with van der Waals surface area (Å²) < 4.78 is 22.8. The number of amides is 1. The minimum absolute atomic E-state index is 0.0383. The van der Waals surface area contributed by atoms with Gasteiger partial charge >= 0.3 is 0 Å². The van der Waals surface area contributed by atoms with Gasteiger partial charge in [-0.15, -0.1) is 0 Å². The van der Waals surface area contributed by atoms with Crippen molar-refractivity contribution in [3.05, 3.63) is 29.3 Å². The average Bonchev–Trinajstić information content (AvgIpc) is 2.42. The normalized spacial score (nSPS) is 11.4. The Balaban J connectivity index is 3.17. The van der Waals surface area contributed by atoms with Gasteiger partial charge in [0.15, 0.2) is 0 Å². The third-order valence-electron chi connectivity index (χ3n) is 3.17. The molecule has 1 aromatic carbocycles. The Labute approximate surface area is 125 Å². The lowest BCUT2D eigenvalue weighted by atomic mass is 10.0. The maximum absolute atomic E-state index is 12.4. The molecular weight excluding hydrogens is 298 g/mol. The largest absolute Gasteiger partial charge is 0.342 e. The molecule has 0 saturated heterocycles. The van der Waals surface area contributed by atoms with Crippen LogP contribution in [0.2, 0.25) is 0 Å². The third-order valence-corrected chi connectivity index (χ3v) is 4.52. The maximum Gasteiger partial charge on any atom is 0.261 e. The van der Waals surface area contributed by atoms with Gasteiger partial charge in [0.2, 0.25) is 0 Å². The summed E-state index contributed by atoms with van der Waals surface area (Å²) in [5.74, 6) is -0.169. The lowest BCUT2D eigenvalue weighted by Crippen LogP contribution is -2.28. The number of carbonyl (C=O) groups excluding carboxylic acids is 1. The topological polar surface area (TPSA) is 54.5 Å². The van der Waals surface area contributed by atoms with Crippen molar-refractivity contribution in [3.63, 3.8) is 0 Å². The molecule has 112 valence electrons. The summed E-state index contributed by atoms with van der Waals surface area (Å²) in [6, 6.07) is 4.45. The van der Waals surface area contributed by atoms with Crippen LogP contribution < -0.4 is 0 Å². The molecule has 0 spiro atoms. The summed E-state index contributed by atoms with van der Waals surface area (Å²) in [5.41, 5.74) is 1.23. The smallest absolute Gasteiger partial charge is 0.261 e. The highest BCUT2D eigenvalue weighted by molar-refractivity contribution is 8.13. The lowest BCUT2D eigenvalue weighted by Gasteiger charge is -2.19. The van der Waals surface area contributed by atoms with Crippen LogP contribution in [0.15, 0.2) is 23.1 Å². The molecule has 0 fully saturated rings. The summed E-state index contributed by atoms with van der Waals surface area (Å²) in [7, 11) is 3.24. The van der Waals surface area contributed by atoms with Crippen LogP contribution in [0.3, 0.4) is 0 Å². The molecule has 20 heavy (non-hydrogen) atoms. The van der Waals surface area contributed by atoms with E-state index in [1.54, 1.807) is 18.0 Å². The third kappa shape index (κ3) is 4.21.